The summed E-state index contributed by atoms with van der Waals surface area (Å²) in [4.78, 5) is 11.4. The molecule has 0 bridgehead atoms. The van der Waals surface area contributed by atoms with E-state index >= 15 is 0 Å². The van der Waals surface area contributed by atoms with Gasteiger partial charge in [-0.25, -0.2) is 4.79 Å². The van der Waals surface area contributed by atoms with Crippen molar-refractivity contribution in [1.29, 1.82) is 0 Å². The van der Waals surface area contributed by atoms with E-state index in [0.717, 1.165) is 11.3 Å². The molecule has 0 aliphatic rings. The Bertz CT molecular complexity index is 644. The van der Waals surface area contributed by atoms with Crippen LogP contribution in [0.15, 0.2) is 24.3 Å². The first-order valence-electron chi connectivity index (χ1n) is 5.94. The van der Waals surface area contributed by atoms with Crippen LogP contribution in [0.2, 0.25) is 0 Å². The van der Waals surface area contributed by atoms with E-state index in [0.29, 0.717) is 17.1 Å². The predicted octanol–water partition coefficient (Wildman–Crippen LogP) is 2.67. The lowest BCUT2D eigenvalue weighted by Crippen LogP contribution is -2.08. The molecule has 1 aromatic heterocycles. The topological polar surface area (TPSA) is 80.3 Å². The molecule has 0 aliphatic heterocycles. The molecular formula is C14H17N3O2. The molecule has 1 aromatic carbocycles. The molecule has 4 N–H and O–H groups in total. The number of carboxylic acid groups (broad SMARTS) is 1. The van der Waals surface area contributed by atoms with Crippen molar-refractivity contribution in [3.63, 3.8) is 0 Å². The van der Waals surface area contributed by atoms with Gasteiger partial charge in [-0.3, -0.25) is 0 Å². The van der Waals surface area contributed by atoms with Crippen LogP contribution in [0.3, 0.4) is 0 Å². The van der Waals surface area contributed by atoms with E-state index in [-0.39, 0.29) is 5.69 Å². The number of carboxylic acids is 1. The van der Waals surface area contributed by atoms with E-state index in [9.17, 15) is 9.90 Å². The average molecular weight is 259 g/mol. The molecule has 2 aromatic rings. The summed E-state index contributed by atoms with van der Waals surface area (Å²) >= 11 is 0. The van der Waals surface area contributed by atoms with Gasteiger partial charge in [-0.1, -0.05) is 12.1 Å². The number of nitrogens with zero attached hydrogens (tertiary/aromatic N) is 1. The van der Waals surface area contributed by atoms with Crippen LogP contribution in [-0.2, 0) is 7.05 Å². The first-order valence-corrected chi connectivity index (χ1v) is 5.94. The Labute approximate surface area is 111 Å². The summed E-state index contributed by atoms with van der Waals surface area (Å²) in [6.07, 6.45) is 0. The van der Waals surface area contributed by atoms with Crippen LogP contribution in [0.5, 0.6) is 0 Å². The highest BCUT2D eigenvalue weighted by molar-refractivity contribution is 5.96. The molecule has 0 atom stereocenters. The third-order valence-corrected chi connectivity index (χ3v) is 3.42. The second kappa shape index (κ2) is 4.68. The van der Waals surface area contributed by atoms with Crippen molar-refractivity contribution in [2.45, 2.75) is 13.8 Å². The zero-order valence-corrected chi connectivity index (χ0v) is 11.2. The first-order chi connectivity index (χ1) is 8.93. The standard InChI is InChI=1S/C14H17N3O2/c1-8-9(2)17(3)13(14(18)19)12(8)16-11-7-5-4-6-10(11)15/h4-7,16H,15H2,1-3H3,(H,18,19). The number of para-hydroxylation sites is 2. The number of hydrogen-bond acceptors (Lipinski definition) is 3. The number of anilines is 3. The van der Waals surface area contributed by atoms with Crippen molar-refractivity contribution >= 4 is 23.0 Å². The van der Waals surface area contributed by atoms with Gasteiger partial charge in [-0.2, -0.15) is 0 Å². The van der Waals surface area contributed by atoms with E-state index in [4.69, 9.17) is 5.73 Å². The third-order valence-electron chi connectivity index (χ3n) is 3.42. The molecule has 19 heavy (non-hydrogen) atoms. The van der Waals surface area contributed by atoms with Gasteiger partial charge in [0, 0.05) is 12.7 Å². The summed E-state index contributed by atoms with van der Waals surface area (Å²) in [6, 6.07) is 7.28. The second-order valence-electron chi connectivity index (χ2n) is 4.51. The molecule has 0 spiro atoms. The monoisotopic (exact) mass is 259 g/mol. The van der Waals surface area contributed by atoms with Crippen molar-refractivity contribution in [2.75, 3.05) is 11.1 Å². The van der Waals surface area contributed by atoms with Gasteiger partial charge in [-0.05, 0) is 31.5 Å². The highest BCUT2D eigenvalue weighted by atomic mass is 16.4. The Hall–Kier alpha value is -2.43. The van der Waals surface area contributed by atoms with Crippen molar-refractivity contribution in [1.82, 2.24) is 4.57 Å². The zero-order chi connectivity index (χ0) is 14.2. The normalized spacial score (nSPS) is 10.5. The summed E-state index contributed by atoms with van der Waals surface area (Å²) in [5.74, 6) is -0.962. The number of nitrogens with two attached hydrogens (primary N) is 1. The van der Waals surface area contributed by atoms with Crippen LogP contribution < -0.4 is 11.1 Å². The van der Waals surface area contributed by atoms with Gasteiger partial charge in [0.15, 0.2) is 5.69 Å². The summed E-state index contributed by atoms with van der Waals surface area (Å²) < 4.78 is 1.67. The number of nitrogen functional groups attached to an aromatic ring is 1. The Balaban J connectivity index is 2.55. The lowest BCUT2D eigenvalue weighted by molar-refractivity contribution is 0.0687. The number of benzene rings is 1. The van der Waals surface area contributed by atoms with Gasteiger partial charge in [0.05, 0.1) is 17.1 Å². The number of aromatic nitrogens is 1. The lowest BCUT2D eigenvalue weighted by atomic mass is 10.2. The SMILES string of the molecule is Cc1c(Nc2ccccc2N)c(C(=O)O)n(C)c1C. The quantitative estimate of drug-likeness (QED) is 0.740. The fraction of sp³-hybridized carbons (Fsp3) is 0.214. The average Bonchev–Trinajstić information content (AvgIpc) is 2.57. The minimum atomic E-state index is -0.962. The number of aromatic carboxylic acids is 1. The molecule has 0 unspecified atom stereocenters. The molecule has 0 radical (unpaired) electrons. The largest absolute Gasteiger partial charge is 0.477 e. The summed E-state index contributed by atoms with van der Waals surface area (Å²) in [5, 5.41) is 12.5. The number of carbonyl (C=O) groups is 1. The van der Waals surface area contributed by atoms with Crippen molar-refractivity contribution < 1.29 is 9.90 Å². The Morgan fingerprint density at radius 3 is 2.53 bits per heavy atom. The maximum atomic E-state index is 11.4. The number of hydrogen-bond donors (Lipinski definition) is 3. The molecule has 0 saturated heterocycles. The van der Waals surface area contributed by atoms with Crippen LogP contribution in [0.1, 0.15) is 21.7 Å². The lowest BCUT2D eigenvalue weighted by Gasteiger charge is -2.10. The molecule has 1 heterocycles. The van der Waals surface area contributed by atoms with Crippen LogP contribution in [0.25, 0.3) is 0 Å². The minimum Gasteiger partial charge on any atom is -0.477 e. The third kappa shape index (κ3) is 2.14. The summed E-state index contributed by atoms with van der Waals surface area (Å²) in [7, 11) is 1.74. The van der Waals surface area contributed by atoms with Crippen LogP contribution in [-0.4, -0.2) is 15.6 Å². The fourth-order valence-electron chi connectivity index (χ4n) is 2.09. The van der Waals surface area contributed by atoms with Crippen LogP contribution in [0, 0.1) is 13.8 Å². The molecule has 5 heteroatoms. The molecule has 5 nitrogen and oxygen atoms in total. The van der Waals surface area contributed by atoms with E-state index in [2.05, 4.69) is 5.32 Å². The maximum absolute atomic E-state index is 11.4. The molecule has 0 saturated carbocycles. The minimum absolute atomic E-state index is 0.234. The van der Waals surface area contributed by atoms with Gasteiger partial charge < -0.3 is 20.7 Å². The number of nitrogens with one attached hydrogen (secondary N) is 1. The predicted molar refractivity (Wildman–Crippen MR) is 76.0 cm³/mol. The molecule has 2 rings (SSSR count). The molecule has 0 fully saturated rings. The fourth-order valence-corrected chi connectivity index (χ4v) is 2.09. The molecular weight excluding hydrogens is 242 g/mol. The summed E-state index contributed by atoms with van der Waals surface area (Å²) in [5.41, 5.74) is 9.80. The van der Waals surface area contributed by atoms with Crippen LogP contribution >= 0.6 is 0 Å². The summed E-state index contributed by atoms with van der Waals surface area (Å²) in [6.45, 7) is 3.78. The van der Waals surface area contributed by atoms with E-state index in [1.165, 1.54) is 0 Å². The van der Waals surface area contributed by atoms with E-state index in [1.807, 2.05) is 32.0 Å². The Morgan fingerprint density at radius 2 is 1.95 bits per heavy atom. The Kier molecular flexibility index (Phi) is 3.21. The molecule has 0 aliphatic carbocycles. The second-order valence-corrected chi connectivity index (χ2v) is 4.51. The highest BCUT2D eigenvalue weighted by Gasteiger charge is 2.21. The maximum Gasteiger partial charge on any atom is 0.354 e. The van der Waals surface area contributed by atoms with Crippen molar-refractivity contribution in [2.24, 2.45) is 7.05 Å². The van der Waals surface area contributed by atoms with Gasteiger partial charge in [0.25, 0.3) is 0 Å². The van der Waals surface area contributed by atoms with Gasteiger partial charge in [-0.15, -0.1) is 0 Å². The van der Waals surface area contributed by atoms with Crippen molar-refractivity contribution in [3.8, 4) is 0 Å². The Morgan fingerprint density at radius 1 is 1.32 bits per heavy atom. The zero-order valence-electron chi connectivity index (χ0n) is 11.2. The first kappa shape index (κ1) is 13.0. The molecule has 0 amide bonds. The van der Waals surface area contributed by atoms with E-state index < -0.39 is 5.97 Å². The van der Waals surface area contributed by atoms with Crippen LogP contribution in [0.4, 0.5) is 17.1 Å². The van der Waals surface area contributed by atoms with Gasteiger partial charge >= 0.3 is 5.97 Å². The molecule has 100 valence electrons. The van der Waals surface area contributed by atoms with Gasteiger partial charge in [0.2, 0.25) is 0 Å². The van der Waals surface area contributed by atoms with Gasteiger partial charge in [0.1, 0.15) is 0 Å². The number of rotatable bonds is 3. The van der Waals surface area contributed by atoms with E-state index in [1.54, 1.807) is 17.7 Å². The highest BCUT2D eigenvalue weighted by Crippen LogP contribution is 2.31. The van der Waals surface area contributed by atoms with Crippen molar-refractivity contribution in [3.05, 3.63) is 41.2 Å². The smallest absolute Gasteiger partial charge is 0.354 e.